The number of hydrogen-bond acceptors (Lipinski definition) is 6. The van der Waals surface area contributed by atoms with Gasteiger partial charge < -0.3 is 20.4 Å². The van der Waals surface area contributed by atoms with E-state index in [9.17, 15) is 13.2 Å². The number of nitrogens with zero attached hydrogens (tertiary/aromatic N) is 3. The fourth-order valence-electron chi connectivity index (χ4n) is 3.21. The second kappa shape index (κ2) is 8.26. The largest absolute Gasteiger partial charge is 0.405 e. The van der Waals surface area contributed by atoms with Gasteiger partial charge in [-0.3, -0.25) is 4.90 Å². The predicted octanol–water partition coefficient (Wildman–Crippen LogP) is 3.51. The molecule has 3 aromatic rings. The highest BCUT2D eigenvalue weighted by Crippen LogP contribution is 2.25. The molecule has 10 heteroatoms. The monoisotopic (exact) mass is 406 g/mol. The molecule has 1 aliphatic heterocycles. The molecule has 0 unspecified atom stereocenters. The molecular formula is C19H21F3N6O. The van der Waals surface area contributed by atoms with Gasteiger partial charge in [-0.05, 0) is 23.8 Å². The van der Waals surface area contributed by atoms with Gasteiger partial charge in [0.1, 0.15) is 18.0 Å². The van der Waals surface area contributed by atoms with Crippen LogP contribution in [0.3, 0.4) is 0 Å². The number of aromatic nitrogens is 3. The lowest BCUT2D eigenvalue weighted by Crippen LogP contribution is -2.35. The van der Waals surface area contributed by atoms with Gasteiger partial charge in [-0.15, -0.1) is 0 Å². The van der Waals surface area contributed by atoms with E-state index in [2.05, 4.69) is 30.5 Å². The first-order valence-corrected chi connectivity index (χ1v) is 9.28. The number of rotatable bonds is 6. The fraction of sp³-hybridized carbons (Fsp3) is 0.368. The Balaban J connectivity index is 1.52. The van der Waals surface area contributed by atoms with E-state index in [1.807, 2.05) is 24.3 Å². The fourth-order valence-corrected chi connectivity index (χ4v) is 3.21. The van der Waals surface area contributed by atoms with Crippen molar-refractivity contribution in [2.45, 2.75) is 12.7 Å². The number of hydrogen-bond donors (Lipinski definition) is 3. The summed E-state index contributed by atoms with van der Waals surface area (Å²) in [5.41, 5.74) is 2.34. The molecule has 0 bridgehead atoms. The van der Waals surface area contributed by atoms with Crippen molar-refractivity contribution in [1.29, 1.82) is 0 Å². The molecule has 1 fully saturated rings. The van der Waals surface area contributed by atoms with Crippen LogP contribution in [0.2, 0.25) is 0 Å². The standard InChI is InChI=1S/C19H21F3N6O/c20-19(21,22)12-24-17-15-4-5-23-16(15)26-18(27-17)25-14-3-1-2-13(10-14)11-28-6-8-29-9-7-28/h1-5,10H,6-9,11-12H2,(H3,23,24,25,26,27). The number of nitrogens with one attached hydrogen (secondary N) is 3. The van der Waals surface area contributed by atoms with Crippen LogP contribution in [0.25, 0.3) is 11.0 Å². The van der Waals surface area contributed by atoms with E-state index < -0.39 is 12.7 Å². The third-order valence-electron chi connectivity index (χ3n) is 4.56. The number of ether oxygens (including phenoxy) is 1. The van der Waals surface area contributed by atoms with E-state index in [-0.39, 0.29) is 11.8 Å². The van der Waals surface area contributed by atoms with Crippen molar-refractivity contribution < 1.29 is 17.9 Å². The van der Waals surface area contributed by atoms with Crippen LogP contribution in [0.1, 0.15) is 5.56 Å². The van der Waals surface area contributed by atoms with Gasteiger partial charge in [0.25, 0.3) is 0 Å². The number of morpholine rings is 1. The number of aromatic amines is 1. The molecule has 29 heavy (non-hydrogen) atoms. The van der Waals surface area contributed by atoms with Gasteiger partial charge in [0.05, 0.1) is 18.6 Å². The Bertz CT molecular complexity index is 968. The van der Waals surface area contributed by atoms with Crippen molar-refractivity contribution in [3.8, 4) is 0 Å². The molecule has 0 saturated carbocycles. The summed E-state index contributed by atoms with van der Waals surface area (Å²) in [5.74, 6) is 0.341. The minimum atomic E-state index is -4.34. The predicted molar refractivity (Wildman–Crippen MR) is 104 cm³/mol. The highest BCUT2D eigenvalue weighted by atomic mass is 19.4. The molecule has 3 heterocycles. The van der Waals surface area contributed by atoms with Crippen molar-refractivity contribution in [2.24, 2.45) is 0 Å². The van der Waals surface area contributed by atoms with Crippen molar-refractivity contribution in [3.63, 3.8) is 0 Å². The highest BCUT2D eigenvalue weighted by Gasteiger charge is 2.27. The molecule has 3 N–H and O–H groups in total. The topological polar surface area (TPSA) is 78.1 Å². The summed E-state index contributed by atoms with van der Waals surface area (Å²) in [6.45, 7) is 2.87. The van der Waals surface area contributed by atoms with Crippen LogP contribution in [0.15, 0.2) is 36.5 Å². The number of alkyl halides is 3. The highest BCUT2D eigenvalue weighted by molar-refractivity contribution is 5.88. The van der Waals surface area contributed by atoms with Gasteiger partial charge >= 0.3 is 6.18 Å². The second-order valence-corrected chi connectivity index (χ2v) is 6.82. The lowest BCUT2D eigenvalue weighted by Gasteiger charge is -2.26. The zero-order valence-corrected chi connectivity index (χ0v) is 15.6. The van der Waals surface area contributed by atoms with Crippen molar-refractivity contribution in [3.05, 3.63) is 42.1 Å². The number of anilines is 3. The van der Waals surface area contributed by atoms with Crippen LogP contribution in [-0.4, -0.2) is 58.9 Å². The van der Waals surface area contributed by atoms with Crippen molar-refractivity contribution in [2.75, 3.05) is 43.5 Å². The third-order valence-corrected chi connectivity index (χ3v) is 4.56. The Kier molecular flexibility index (Phi) is 5.54. The molecule has 0 spiro atoms. The molecule has 0 radical (unpaired) electrons. The Labute approximate surface area is 165 Å². The van der Waals surface area contributed by atoms with Crippen LogP contribution >= 0.6 is 0 Å². The third kappa shape index (κ3) is 5.15. The maximum atomic E-state index is 12.6. The minimum Gasteiger partial charge on any atom is -0.379 e. The Morgan fingerprint density at radius 3 is 2.76 bits per heavy atom. The zero-order valence-electron chi connectivity index (χ0n) is 15.6. The molecule has 1 aromatic carbocycles. The van der Waals surface area contributed by atoms with Crippen LogP contribution in [0.4, 0.5) is 30.6 Å². The second-order valence-electron chi connectivity index (χ2n) is 6.82. The first-order valence-electron chi connectivity index (χ1n) is 9.28. The van der Waals surface area contributed by atoms with Crippen LogP contribution in [-0.2, 0) is 11.3 Å². The first kappa shape index (κ1) is 19.5. The summed E-state index contributed by atoms with van der Waals surface area (Å²) in [4.78, 5) is 13.8. The zero-order chi connectivity index (χ0) is 20.3. The molecular weight excluding hydrogens is 385 g/mol. The van der Waals surface area contributed by atoms with E-state index >= 15 is 0 Å². The quantitative estimate of drug-likeness (QED) is 0.582. The summed E-state index contributed by atoms with van der Waals surface area (Å²) in [6.07, 6.45) is -2.72. The minimum absolute atomic E-state index is 0.126. The molecule has 154 valence electrons. The molecule has 0 atom stereocenters. The van der Waals surface area contributed by atoms with E-state index in [0.717, 1.165) is 44.1 Å². The number of H-pyrrole nitrogens is 1. The van der Waals surface area contributed by atoms with Gasteiger partial charge in [0.15, 0.2) is 0 Å². The van der Waals surface area contributed by atoms with Gasteiger partial charge in [-0.25, -0.2) is 0 Å². The lowest BCUT2D eigenvalue weighted by atomic mass is 10.2. The Hall–Kier alpha value is -2.85. The van der Waals surface area contributed by atoms with E-state index in [0.29, 0.717) is 11.0 Å². The van der Waals surface area contributed by atoms with Crippen molar-refractivity contribution in [1.82, 2.24) is 19.9 Å². The normalized spacial score (nSPS) is 15.6. The average molecular weight is 406 g/mol. The molecule has 7 nitrogen and oxygen atoms in total. The number of benzene rings is 1. The summed E-state index contributed by atoms with van der Waals surface area (Å²) in [5, 5.41) is 5.95. The summed E-state index contributed by atoms with van der Waals surface area (Å²) in [6, 6.07) is 9.45. The smallest absolute Gasteiger partial charge is 0.379 e. The average Bonchev–Trinajstić information content (AvgIpc) is 3.15. The van der Waals surface area contributed by atoms with Crippen LogP contribution < -0.4 is 10.6 Å². The van der Waals surface area contributed by atoms with E-state index in [1.54, 1.807) is 12.3 Å². The van der Waals surface area contributed by atoms with Gasteiger partial charge in [-0.1, -0.05) is 12.1 Å². The van der Waals surface area contributed by atoms with Crippen LogP contribution in [0.5, 0.6) is 0 Å². The van der Waals surface area contributed by atoms with Gasteiger partial charge in [-0.2, -0.15) is 23.1 Å². The summed E-state index contributed by atoms with van der Waals surface area (Å²) >= 11 is 0. The summed E-state index contributed by atoms with van der Waals surface area (Å²) < 4.78 is 43.2. The summed E-state index contributed by atoms with van der Waals surface area (Å²) in [7, 11) is 0. The Morgan fingerprint density at radius 1 is 1.14 bits per heavy atom. The lowest BCUT2D eigenvalue weighted by molar-refractivity contribution is -0.115. The number of halogens is 3. The first-order chi connectivity index (χ1) is 14.0. The van der Waals surface area contributed by atoms with Gasteiger partial charge in [0, 0.05) is 31.5 Å². The van der Waals surface area contributed by atoms with E-state index in [1.165, 1.54) is 0 Å². The molecule has 4 rings (SSSR count). The molecule has 0 aliphatic carbocycles. The molecule has 1 saturated heterocycles. The van der Waals surface area contributed by atoms with Gasteiger partial charge in [0.2, 0.25) is 5.95 Å². The molecule has 0 amide bonds. The SMILES string of the molecule is FC(F)(F)CNc1nc(Nc2cccc(CN3CCOCC3)c2)nc2[nH]ccc12. The maximum Gasteiger partial charge on any atom is 0.405 e. The molecule has 2 aromatic heterocycles. The van der Waals surface area contributed by atoms with Crippen molar-refractivity contribution >= 4 is 28.5 Å². The van der Waals surface area contributed by atoms with E-state index in [4.69, 9.17) is 4.74 Å². The molecule has 1 aliphatic rings. The number of fused-ring (bicyclic) bond motifs is 1. The Morgan fingerprint density at radius 2 is 1.97 bits per heavy atom. The van der Waals surface area contributed by atoms with Crippen LogP contribution in [0, 0.1) is 0 Å². The maximum absolute atomic E-state index is 12.6.